The molecule has 0 bridgehead atoms. The number of methoxy groups -OCH3 is 1. The number of carbonyl (C=O) groups is 1. The van der Waals surface area contributed by atoms with E-state index in [1.807, 2.05) is 6.08 Å². The molecule has 0 saturated carbocycles. The van der Waals surface area contributed by atoms with E-state index < -0.39 is 23.2 Å². The van der Waals surface area contributed by atoms with Gasteiger partial charge in [0.1, 0.15) is 0 Å². The Morgan fingerprint density at radius 3 is 2.69 bits per heavy atom. The number of hydrogen-bond donors (Lipinski definition) is 1. The van der Waals surface area contributed by atoms with Gasteiger partial charge in [0.05, 0.1) is 0 Å². The molecule has 1 N–H and O–H groups in total. The summed E-state index contributed by atoms with van der Waals surface area (Å²) in [6.07, 6.45) is 2.51. The van der Waals surface area contributed by atoms with Crippen LogP contribution in [0.1, 0.15) is 6.42 Å². The number of fused-ring (bicyclic) bond motifs is 1. The van der Waals surface area contributed by atoms with Crippen molar-refractivity contribution in [3.8, 4) is 0 Å². The third-order valence-corrected chi connectivity index (χ3v) is 9.14. The van der Waals surface area contributed by atoms with Gasteiger partial charge in [0.15, 0.2) is 0 Å². The van der Waals surface area contributed by atoms with Crippen molar-refractivity contribution >= 4 is 15.3 Å². The van der Waals surface area contributed by atoms with Gasteiger partial charge in [0.2, 0.25) is 0 Å². The fourth-order valence-electron chi connectivity index (χ4n) is 1.60. The van der Waals surface area contributed by atoms with Gasteiger partial charge in [-0.3, -0.25) is 0 Å². The Bertz CT molecular complexity index is 344. The summed E-state index contributed by atoms with van der Waals surface area (Å²) in [6.45, 7) is 0.161. The average molecular weight is 358 g/mol. The first-order valence-electron chi connectivity index (χ1n) is 4.65. The van der Waals surface area contributed by atoms with Gasteiger partial charge < -0.3 is 24.8 Å². The van der Waals surface area contributed by atoms with Crippen LogP contribution < -0.4 is 24.8 Å². The summed E-state index contributed by atoms with van der Waals surface area (Å²) < 4.78 is 6.59. The van der Waals surface area contributed by atoms with E-state index in [-0.39, 0.29) is 50.5 Å². The molecule has 1 saturated heterocycles. The van der Waals surface area contributed by atoms with Crippen LogP contribution in [0.3, 0.4) is 0 Å². The van der Waals surface area contributed by atoms with Crippen molar-refractivity contribution in [1.82, 2.24) is 0 Å². The molecule has 0 radical (unpaired) electrons. The van der Waals surface area contributed by atoms with Crippen LogP contribution in [0.2, 0.25) is 0 Å². The molecule has 1 aliphatic carbocycles. The van der Waals surface area contributed by atoms with Gasteiger partial charge in [-0.05, 0) is 0 Å². The van der Waals surface area contributed by atoms with Crippen LogP contribution in [0.5, 0.6) is 0 Å². The molecule has 2 aliphatic rings. The maximum atomic E-state index is 11.5. The van der Waals surface area contributed by atoms with Crippen molar-refractivity contribution in [3.63, 3.8) is 0 Å². The monoisotopic (exact) mass is 356 g/mol. The number of ketones is 1. The number of aliphatic hydroxyl groups excluding tert-OH is 1. The molecule has 3 nitrogen and oxygen atoms in total. The zero-order valence-corrected chi connectivity index (χ0v) is 14.2. The fraction of sp³-hybridized carbons (Fsp3) is 0.444. The average Bonchev–Trinajstić information content (AvgIpc) is 2.85. The zero-order valence-electron chi connectivity index (χ0n) is 8.80. The minimum Gasteiger partial charge on any atom is -1.00 e. The number of allylic oxidation sites excluding steroid dienone is 4. The summed E-state index contributed by atoms with van der Waals surface area (Å²) in [7, 11) is 1.56. The van der Waals surface area contributed by atoms with Crippen LogP contribution >= 0.6 is 0 Å². The number of rotatable bonds is 5. The first-order valence-corrected chi connectivity index (χ1v) is 8.71. The van der Waals surface area contributed by atoms with Crippen molar-refractivity contribution in [2.75, 3.05) is 13.7 Å². The SMILES string of the molecule is CO[CH](CCO)[Zr+2][C]1=C2[SiH2]C2=CC1=O.[Cl-].[Cl-]. The summed E-state index contributed by atoms with van der Waals surface area (Å²) in [5.74, 6) is 0.250. The second kappa shape index (κ2) is 7.24. The van der Waals surface area contributed by atoms with Crippen LogP contribution in [0, 0.1) is 0 Å². The van der Waals surface area contributed by atoms with Gasteiger partial charge in [-0.2, -0.15) is 0 Å². The zero-order chi connectivity index (χ0) is 10.1. The van der Waals surface area contributed by atoms with E-state index >= 15 is 0 Å². The van der Waals surface area contributed by atoms with Gasteiger partial charge in [0, 0.05) is 0 Å². The van der Waals surface area contributed by atoms with Crippen molar-refractivity contribution in [2.45, 2.75) is 10.2 Å². The van der Waals surface area contributed by atoms with E-state index in [1.165, 1.54) is 10.4 Å². The molecular formula is C9H12Cl2O3SiZr. The van der Waals surface area contributed by atoms with Crippen LogP contribution in [0.25, 0.3) is 0 Å². The molecule has 0 spiro atoms. The van der Waals surface area contributed by atoms with Crippen molar-refractivity contribution in [3.05, 3.63) is 19.7 Å². The quantitative estimate of drug-likeness (QED) is 0.497. The van der Waals surface area contributed by atoms with Crippen molar-refractivity contribution in [2.24, 2.45) is 0 Å². The van der Waals surface area contributed by atoms with Gasteiger partial charge in [0.25, 0.3) is 0 Å². The predicted octanol–water partition coefficient (Wildman–Crippen LogP) is -6.71. The summed E-state index contributed by atoms with van der Waals surface area (Å²) in [5.41, 5.74) is 0. The molecule has 2 rings (SSSR count). The standard InChI is InChI=1S/C5H3OSi.C4H9O2.2ClH.Zr/c6-3-1-4-5(2-3)7-4;1-6-4-2-3-5;;;/h1H,7H2;4-5H,2-3H2,1H3;2*1H;/q;;;;+2/p-2. The molecule has 0 amide bonds. The van der Waals surface area contributed by atoms with E-state index in [1.54, 1.807) is 7.11 Å². The molecule has 88 valence electrons. The second-order valence-electron chi connectivity index (χ2n) is 3.45. The Balaban J connectivity index is 0.00000112. The summed E-state index contributed by atoms with van der Waals surface area (Å²) in [6, 6.07) is 0. The first-order chi connectivity index (χ1) is 6.76. The van der Waals surface area contributed by atoms with Crippen LogP contribution in [-0.2, 0) is 32.8 Å². The third kappa shape index (κ3) is 3.62. The van der Waals surface area contributed by atoms with Gasteiger partial charge in [-0.25, -0.2) is 0 Å². The number of halogens is 2. The normalized spacial score (nSPS) is 19.4. The van der Waals surface area contributed by atoms with E-state index in [4.69, 9.17) is 9.84 Å². The van der Waals surface area contributed by atoms with Crippen LogP contribution in [0.15, 0.2) is 19.7 Å². The Morgan fingerprint density at radius 1 is 1.56 bits per heavy atom. The van der Waals surface area contributed by atoms with Crippen molar-refractivity contribution < 1.29 is 62.7 Å². The summed E-state index contributed by atoms with van der Waals surface area (Å²) in [5, 5.41) is 11.6. The van der Waals surface area contributed by atoms with E-state index in [9.17, 15) is 4.79 Å². The molecule has 1 atom stereocenters. The maximum Gasteiger partial charge on any atom is -1.00 e. The number of aliphatic hydroxyl groups is 1. The number of hydrogen-bond acceptors (Lipinski definition) is 3. The molecular weight excluding hydrogens is 346 g/mol. The third-order valence-electron chi connectivity index (χ3n) is 2.46. The molecule has 7 heteroatoms. The Morgan fingerprint density at radius 2 is 2.25 bits per heavy atom. The molecule has 1 aliphatic heterocycles. The Hall–Kier alpha value is 0.750. The topological polar surface area (TPSA) is 46.5 Å². The molecule has 16 heavy (non-hydrogen) atoms. The van der Waals surface area contributed by atoms with Gasteiger partial charge >= 0.3 is 96.9 Å². The molecule has 1 fully saturated rings. The Kier molecular flexibility index (Phi) is 7.58. The molecule has 0 aromatic carbocycles. The Labute approximate surface area is 121 Å². The molecule has 1 heterocycles. The minimum absolute atomic E-state index is 0. The predicted molar refractivity (Wildman–Crippen MR) is 51.2 cm³/mol. The summed E-state index contributed by atoms with van der Waals surface area (Å²) in [4.78, 5) is 11.5. The molecule has 1 unspecified atom stereocenters. The molecule has 0 aromatic heterocycles. The second-order valence-corrected chi connectivity index (χ2v) is 8.79. The van der Waals surface area contributed by atoms with E-state index in [2.05, 4.69) is 0 Å². The van der Waals surface area contributed by atoms with E-state index in [0.717, 1.165) is 3.28 Å². The smallest absolute Gasteiger partial charge is 1.00 e. The minimum atomic E-state index is -0.926. The number of carbonyl (C=O) groups excluding carboxylic acids is 1. The number of ether oxygens (including phenoxy) is 1. The molecule has 0 aromatic rings. The van der Waals surface area contributed by atoms with Gasteiger partial charge in [-0.1, -0.05) is 0 Å². The maximum absolute atomic E-state index is 11.5. The van der Waals surface area contributed by atoms with E-state index in [0.29, 0.717) is 6.42 Å². The fourth-order valence-corrected chi connectivity index (χ4v) is 7.60. The first kappa shape index (κ1) is 16.8. The van der Waals surface area contributed by atoms with Gasteiger partial charge in [-0.15, -0.1) is 0 Å². The van der Waals surface area contributed by atoms with Crippen molar-refractivity contribution in [1.29, 1.82) is 0 Å². The summed E-state index contributed by atoms with van der Waals surface area (Å²) >= 11 is -0.926. The van der Waals surface area contributed by atoms with Crippen LogP contribution in [-0.4, -0.2) is 37.9 Å². The van der Waals surface area contributed by atoms with Crippen LogP contribution in [0.4, 0.5) is 0 Å². The largest absolute Gasteiger partial charge is 1.00 e.